The fourth-order valence-electron chi connectivity index (χ4n) is 1.80. The van der Waals surface area contributed by atoms with Gasteiger partial charge in [-0.15, -0.1) is 0 Å². The number of nitrogens with zero attached hydrogens (tertiary/aromatic N) is 1. The Morgan fingerprint density at radius 1 is 1.26 bits per heavy atom. The van der Waals surface area contributed by atoms with E-state index in [-0.39, 0.29) is 11.1 Å². The number of rotatable bonds is 7. The number of nitriles is 1. The number of aromatic carboxylic acids is 1. The number of nitrogens with one attached hydrogen (secondary N) is 2. The Balaban J connectivity index is 2.93. The van der Waals surface area contributed by atoms with Crippen molar-refractivity contribution in [3.05, 3.63) is 35.4 Å². The highest BCUT2D eigenvalue weighted by atomic mass is 32.2. The first-order valence-electron chi connectivity index (χ1n) is 6.72. The summed E-state index contributed by atoms with van der Waals surface area (Å²) in [6.07, 6.45) is 1.77. The Morgan fingerprint density at radius 2 is 1.87 bits per heavy atom. The largest absolute Gasteiger partial charge is 0.478 e. The van der Waals surface area contributed by atoms with Crippen molar-refractivity contribution in [2.45, 2.75) is 19.0 Å². The molecule has 2 atom stereocenters. The van der Waals surface area contributed by atoms with E-state index >= 15 is 0 Å². The number of hydrogen-bond donors (Lipinski definition) is 3. The van der Waals surface area contributed by atoms with Crippen LogP contribution in [0.5, 0.6) is 0 Å². The zero-order valence-electron chi connectivity index (χ0n) is 12.7. The number of amides is 2. The maximum atomic E-state index is 12.3. The zero-order chi connectivity index (χ0) is 17.4. The monoisotopic (exact) mass is 335 g/mol. The van der Waals surface area contributed by atoms with Crippen LogP contribution < -0.4 is 10.6 Å². The molecule has 0 saturated heterocycles. The van der Waals surface area contributed by atoms with Gasteiger partial charge in [-0.3, -0.25) is 9.59 Å². The van der Waals surface area contributed by atoms with Crippen LogP contribution in [0, 0.1) is 11.3 Å². The number of hydrogen-bond acceptors (Lipinski definition) is 5. The molecule has 3 N–H and O–H groups in total. The SMILES string of the molecule is CSCC(NC(=O)c1ccccc1C(=O)O)C(=O)NC(C)C#N. The van der Waals surface area contributed by atoms with Crippen molar-refractivity contribution in [1.29, 1.82) is 5.26 Å². The Hall–Kier alpha value is -2.53. The molecule has 0 saturated carbocycles. The highest BCUT2D eigenvalue weighted by Gasteiger charge is 2.24. The second-order valence-electron chi connectivity index (χ2n) is 4.69. The molecule has 0 aliphatic rings. The molecule has 0 aliphatic carbocycles. The number of carboxylic acids is 1. The summed E-state index contributed by atoms with van der Waals surface area (Å²) >= 11 is 1.35. The number of carbonyl (C=O) groups is 3. The van der Waals surface area contributed by atoms with E-state index in [1.165, 1.54) is 36.9 Å². The first kappa shape index (κ1) is 18.5. The summed E-state index contributed by atoms with van der Waals surface area (Å²) in [7, 11) is 0. The van der Waals surface area contributed by atoms with Crippen molar-refractivity contribution in [3.8, 4) is 6.07 Å². The second kappa shape index (κ2) is 8.80. The van der Waals surface area contributed by atoms with Gasteiger partial charge in [0.1, 0.15) is 12.1 Å². The van der Waals surface area contributed by atoms with E-state index in [4.69, 9.17) is 10.4 Å². The summed E-state index contributed by atoms with van der Waals surface area (Å²) in [5, 5.41) is 22.8. The highest BCUT2D eigenvalue weighted by Crippen LogP contribution is 2.10. The van der Waals surface area contributed by atoms with E-state index < -0.39 is 29.9 Å². The summed E-state index contributed by atoms with van der Waals surface area (Å²) in [4.78, 5) is 35.5. The maximum absolute atomic E-state index is 12.3. The minimum absolute atomic E-state index is 0.0211. The number of benzene rings is 1. The van der Waals surface area contributed by atoms with Crippen molar-refractivity contribution in [2.24, 2.45) is 0 Å². The molecule has 122 valence electrons. The minimum Gasteiger partial charge on any atom is -0.478 e. The van der Waals surface area contributed by atoms with Crippen LogP contribution in [0.25, 0.3) is 0 Å². The van der Waals surface area contributed by atoms with Crippen molar-refractivity contribution in [1.82, 2.24) is 10.6 Å². The fraction of sp³-hybridized carbons (Fsp3) is 0.333. The highest BCUT2D eigenvalue weighted by molar-refractivity contribution is 7.98. The van der Waals surface area contributed by atoms with Gasteiger partial charge in [0, 0.05) is 5.75 Å². The van der Waals surface area contributed by atoms with E-state index in [0.29, 0.717) is 5.75 Å². The van der Waals surface area contributed by atoms with Gasteiger partial charge in [-0.2, -0.15) is 17.0 Å². The second-order valence-corrected chi connectivity index (χ2v) is 5.60. The minimum atomic E-state index is -1.22. The van der Waals surface area contributed by atoms with Gasteiger partial charge >= 0.3 is 5.97 Å². The lowest BCUT2D eigenvalue weighted by atomic mass is 10.1. The molecule has 0 spiro atoms. The predicted octanol–water partition coefficient (Wildman–Crippen LogP) is 0.874. The summed E-state index contributed by atoms with van der Waals surface area (Å²) in [6, 6.07) is 6.08. The molecule has 0 fully saturated rings. The van der Waals surface area contributed by atoms with Gasteiger partial charge in [0.2, 0.25) is 5.91 Å². The van der Waals surface area contributed by atoms with Crippen LogP contribution in [-0.4, -0.2) is 47.0 Å². The maximum Gasteiger partial charge on any atom is 0.336 e. The Labute approximate surface area is 138 Å². The van der Waals surface area contributed by atoms with Gasteiger partial charge < -0.3 is 15.7 Å². The molecule has 1 aromatic carbocycles. The molecule has 23 heavy (non-hydrogen) atoms. The molecule has 1 aromatic rings. The van der Waals surface area contributed by atoms with Gasteiger partial charge in [-0.25, -0.2) is 4.79 Å². The van der Waals surface area contributed by atoms with Gasteiger partial charge in [0.25, 0.3) is 5.91 Å². The Kier molecular flexibility index (Phi) is 7.09. The Morgan fingerprint density at radius 3 is 2.39 bits per heavy atom. The number of thioether (sulfide) groups is 1. The molecule has 0 radical (unpaired) electrons. The van der Waals surface area contributed by atoms with Crippen molar-refractivity contribution < 1.29 is 19.5 Å². The van der Waals surface area contributed by atoms with E-state index in [1.54, 1.807) is 12.3 Å². The average Bonchev–Trinajstić information content (AvgIpc) is 2.53. The lowest BCUT2D eigenvalue weighted by Gasteiger charge is -2.19. The van der Waals surface area contributed by atoms with Crippen LogP contribution in [-0.2, 0) is 4.79 Å². The van der Waals surface area contributed by atoms with Crippen molar-refractivity contribution in [3.63, 3.8) is 0 Å². The van der Waals surface area contributed by atoms with Gasteiger partial charge in [-0.05, 0) is 25.3 Å². The molecule has 0 aliphatic heterocycles. The third-order valence-corrected chi connectivity index (χ3v) is 3.58. The van der Waals surface area contributed by atoms with Crippen LogP contribution in [0.15, 0.2) is 24.3 Å². The molecule has 0 aromatic heterocycles. The molecule has 7 nitrogen and oxygen atoms in total. The van der Waals surface area contributed by atoms with E-state index in [1.807, 2.05) is 6.07 Å². The average molecular weight is 335 g/mol. The molecular weight excluding hydrogens is 318 g/mol. The summed E-state index contributed by atoms with van der Waals surface area (Å²) in [5.74, 6) is -2.07. The first-order chi connectivity index (χ1) is 10.9. The third-order valence-electron chi connectivity index (χ3n) is 2.91. The molecular formula is C15H17N3O4S. The van der Waals surface area contributed by atoms with Gasteiger partial charge in [0.15, 0.2) is 0 Å². The molecule has 0 bridgehead atoms. The van der Waals surface area contributed by atoms with Crippen LogP contribution >= 0.6 is 11.8 Å². The molecule has 8 heteroatoms. The number of carbonyl (C=O) groups excluding carboxylic acids is 2. The normalized spacial score (nSPS) is 12.6. The summed E-state index contributed by atoms with van der Waals surface area (Å²) in [5.41, 5.74) is -0.161. The van der Waals surface area contributed by atoms with E-state index in [9.17, 15) is 14.4 Å². The standard InChI is InChI=1S/C15H17N3O4S/c1-9(7-16)17-14(20)12(8-23-2)18-13(19)10-5-3-4-6-11(10)15(21)22/h3-6,9,12H,8H2,1-2H3,(H,17,20)(H,18,19)(H,21,22). The lowest BCUT2D eigenvalue weighted by molar-refractivity contribution is -0.122. The van der Waals surface area contributed by atoms with Crippen LogP contribution in [0.1, 0.15) is 27.6 Å². The third kappa shape index (κ3) is 5.30. The smallest absolute Gasteiger partial charge is 0.336 e. The van der Waals surface area contributed by atoms with Crippen LogP contribution in [0.4, 0.5) is 0 Å². The lowest BCUT2D eigenvalue weighted by Crippen LogP contribution is -2.50. The number of carboxylic acid groups (broad SMARTS) is 1. The first-order valence-corrected chi connectivity index (χ1v) is 8.12. The van der Waals surface area contributed by atoms with Crippen molar-refractivity contribution in [2.75, 3.05) is 12.0 Å². The van der Waals surface area contributed by atoms with Gasteiger partial charge in [-0.1, -0.05) is 12.1 Å². The van der Waals surface area contributed by atoms with E-state index in [0.717, 1.165) is 0 Å². The predicted molar refractivity (Wildman–Crippen MR) is 86.3 cm³/mol. The van der Waals surface area contributed by atoms with E-state index in [2.05, 4.69) is 10.6 Å². The van der Waals surface area contributed by atoms with Crippen molar-refractivity contribution >= 4 is 29.5 Å². The summed E-state index contributed by atoms with van der Waals surface area (Å²) < 4.78 is 0. The summed E-state index contributed by atoms with van der Waals surface area (Å²) in [6.45, 7) is 1.52. The van der Waals surface area contributed by atoms with Crippen LogP contribution in [0.2, 0.25) is 0 Å². The molecule has 2 unspecified atom stereocenters. The molecule has 2 amide bonds. The van der Waals surface area contributed by atoms with Gasteiger partial charge in [0.05, 0.1) is 17.2 Å². The quantitative estimate of drug-likeness (QED) is 0.680. The topological polar surface area (TPSA) is 119 Å². The Bertz CT molecular complexity index is 642. The molecule has 0 heterocycles. The van der Waals surface area contributed by atoms with Crippen LogP contribution in [0.3, 0.4) is 0 Å². The zero-order valence-corrected chi connectivity index (χ0v) is 13.5. The molecule has 1 rings (SSSR count). The fourth-order valence-corrected chi connectivity index (χ4v) is 2.37.